The Balaban J connectivity index is 2.73. The van der Waals surface area contributed by atoms with Gasteiger partial charge in [-0.1, -0.05) is 6.07 Å². The number of halogens is 2. The van der Waals surface area contributed by atoms with Crippen molar-refractivity contribution in [2.45, 2.75) is 13.1 Å². The minimum Gasteiger partial charge on any atom is -0.299 e. The van der Waals surface area contributed by atoms with E-state index in [-0.39, 0.29) is 17.9 Å². The lowest BCUT2D eigenvalue weighted by Gasteiger charge is -2.12. The number of hydrogen-bond acceptors (Lipinski definition) is 3. The van der Waals surface area contributed by atoms with Crippen LogP contribution in [0.15, 0.2) is 34.3 Å². The molecule has 1 aromatic heterocycles. The van der Waals surface area contributed by atoms with Gasteiger partial charge in [0.2, 0.25) is 0 Å². The zero-order valence-electron chi connectivity index (χ0n) is 12.3. The summed E-state index contributed by atoms with van der Waals surface area (Å²) in [7, 11) is 3.49. The smallest absolute Gasteiger partial charge is 0.132 e. The number of rotatable bonds is 4. The maximum absolute atomic E-state index is 14.0. The van der Waals surface area contributed by atoms with Crippen molar-refractivity contribution in [1.29, 1.82) is 0 Å². The van der Waals surface area contributed by atoms with Crippen LogP contribution < -0.4 is 5.32 Å². The van der Waals surface area contributed by atoms with E-state index >= 15 is 0 Å². The van der Waals surface area contributed by atoms with Gasteiger partial charge in [-0.05, 0) is 32.2 Å². The van der Waals surface area contributed by atoms with Crippen molar-refractivity contribution < 1.29 is 4.39 Å². The standard InChI is InChI=1S/C15H18ClFN4/c1-10(19-3)20-15(8-16)21-11(9-18-2)7-12-13(17)5-4-6-14(12)21/h4-7,9-10,19H,8H2,1-3H3/b18-9+,20-15-. The number of alkyl halides is 1. The second kappa shape index (κ2) is 6.83. The van der Waals surface area contributed by atoms with Crippen LogP contribution in [0.3, 0.4) is 0 Å². The zero-order chi connectivity index (χ0) is 15.4. The number of aromatic nitrogens is 1. The highest BCUT2D eigenvalue weighted by Crippen LogP contribution is 2.22. The molecular weight excluding hydrogens is 291 g/mol. The summed E-state index contributed by atoms with van der Waals surface area (Å²) in [5, 5.41) is 3.57. The summed E-state index contributed by atoms with van der Waals surface area (Å²) in [6.07, 6.45) is 1.59. The lowest BCUT2D eigenvalue weighted by atomic mass is 10.2. The molecule has 0 spiro atoms. The molecule has 1 heterocycles. The molecule has 6 heteroatoms. The number of aliphatic imine (C=N–C) groups is 2. The topological polar surface area (TPSA) is 41.7 Å². The molecule has 4 nitrogen and oxygen atoms in total. The first-order valence-electron chi connectivity index (χ1n) is 6.64. The summed E-state index contributed by atoms with van der Waals surface area (Å²) in [6.45, 7) is 1.92. The molecule has 0 aliphatic carbocycles. The molecule has 2 rings (SSSR count). The van der Waals surface area contributed by atoms with Gasteiger partial charge in [0.25, 0.3) is 0 Å². The van der Waals surface area contributed by atoms with Crippen LogP contribution in [0.25, 0.3) is 10.9 Å². The van der Waals surface area contributed by atoms with Crippen molar-refractivity contribution in [2.24, 2.45) is 9.98 Å². The first-order valence-corrected chi connectivity index (χ1v) is 7.18. The molecule has 1 atom stereocenters. The van der Waals surface area contributed by atoms with Crippen LogP contribution in [0.1, 0.15) is 12.6 Å². The van der Waals surface area contributed by atoms with Gasteiger partial charge in [0.1, 0.15) is 11.7 Å². The lowest BCUT2D eigenvalue weighted by Crippen LogP contribution is -2.25. The van der Waals surface area contributed by atoms with Crippen LogP contribution in [0.5, 0.6) is 0 Å². The molecule has 1 unspecified atom stereocenters. The van der Waals surface area contributed by atoms with Gasteiger partial charge < -0.3 is 0 Å². The summed E-state index contributed by atoms with van der Waals surface area (Å²) in [5.74, 6) is 0.596. The third-order valence-corrected chi connectivity index (χ3v) is 3.46. The molecule has 0 aliphatic rings. The molecule has 0 saturated carbocycles. The summed E-state index contributed by atoms with van der Waals surface area (Å²) < 4.78 is 15.8. The highest BCUT2D eigenvalue weighted by atomic mass is 35.5. The Morgan fingerprint density at radius 3 is 2.90 bits per heavy atom. The molecule has 0 amide bonds. The van der Waals surface area contributed by atoms with E-state index in [4.69, 9.17) is 11.6 Å². The summed E-state index contributed by atoms with van der Waals surface area (Å²) in [5.41, 5.74) is 1.48. The molecule has 0 radical (unpaired) electrons. The predicted octanol–water partition coefficient (Wildman–Crippen LogP) is 2.88. The van der Waals surface area contributed by atoms with E-state index in [0.717, 1.165) is 11.2 Å². The van der Waals surface area contributed by atoms with Crippen LogP contribution in [0.2, 0.25) is 0 Å². The predicted molar refractivity (Wildman–Crippen MR) is 87.5 cm³/mol. The maximum Gasteiger partial charge on any atom is 0.132 e. The Bertz CT molecular complexity index is 690. The van der Waals surface area contributed by atoms with E-state index in [9.17, 15) is 4.39 Å². The molecule has 2 aromatic rings. The third-order valence-electron chi connectivity index (χ3n) is 3.22. The minimum absolute atomic E-state index is 0.0869. The van der Waals surface area contributed by atoms with Crippen LogP contribution >= 0.6 is 11.6 Å². The lowest BCUT2D eigenvalue weighted by molar-refractivity contribution is 0.638. The van der Waals surface area contributed by atoms with Gasteiger partial charge >= 0.3 is 0 Å². The molecule has 1 aromatic carbocycles. The Morgan fingerprint density at radius 1 is 1.52 bits per heavy atom. The van der Waals surface area contributed by atoms with Crippen LogP contribution in [-0.2, 0) is 0 Å². The fraction of sp³-hybridized carbons (Fsp3) is 0.333. The van der Waals surface area contributed by atoms with Gasteiger partial charge in [-0.3, -0.25) is 19.9 Å². The van der Waals surface area contributed by atoms with Gasteiger partial charge in [0.05, 0.1) is 23.3 Å². The third kappa shape index (κ3) is 3.14. The molecule has 21 heavy (non-hydrogen) atoms. The monoisotopic (exact) mass is 308 g/mol. The fourth-order valence-electron chi connectivity index (χ4n) is 2.17. The summed E-state index contributed by atoms with van der Waals surface area (Å²) in [6, 6.07) is 6.71. The first-order chi connectivity index (χ1) is 10.1. The quantitative estimate of drug-likeness (QED) is 0.527. The van der Waals surface area contributed by atoms with Crippen molar-refractivity contribution in [1.82, 2.24) is 9.88 Å². The largest absolute Gasteiger partial charge is 0.299 e. The average Bonchev–Trinajstić information content (AvgIpc) is 2.84. The van der Waals surface area contributed by atoms with E-state index in [0.29, 0.717) is 11.2 Å². The molecule has 112 valence electrons. The van der Waals surface area contributed by atoms with Crippen molar-refractivity contribution in [3.8, 4) is 0 Å². The maximum atomic E-state index is 14.0. The number of hydrogen-bond donors (Lipinski definition) is 1. The van der Waals surface area contributed by atoms with Crippen molar-refractivity contribution in [3.63, 3.8) is 0 Å². The second-order valence-corrected chi connectivity index (χ2v) is 4.88. The highest BCUT2D eigenvalue weighted by molar-refractivity contribution is 6.29. The molecule has 0 fully saturated rings. The first kappa shape index (κ1) is 15.7. The van der Waals surface area contributed by atoms with Gasteiger partial charge in [0, 0.05) is 18.6 Å². The molecular formula is C15H18ClFN4. The molecule has 0 bridgehead atoms. The highest BCUT2D eigenvalue weighted by Gasteiger charge is 2.15. The van der Waals surface area contributed by atoms with E-state index in [1.165, 1.54) is 6.07 Å². The van der Waals surface area contributed by atoms with E-state index < -0.39 is 0 Å². The van der Waals surface area contributed by atoms with Gasteiger partial charge in [-0.25, -0.2) is 4.39 Å². The Labute approximate surface area is 128 Å². The molecule has 1 N–H and O–H groups in total. The van der Waals surface area contributed by atoms with Crippen LogP contribution in [-0.4, -0.2) is 42.8 Å². The Kier molecular flexibility index (Phi) is 5.09. The Morgan fingerprint density at radius 2 is 2.29 bits per heavy atom. The van der Waals surface area contributed by atoms with Crippen LogP contribution in [0, 0.1) is 5.82 Å². The van der Waals surface area contributed by atoms with Gasteiger partial charge in [-0.15, -0.1) is 11.6 Å². The van der Waals surface area contributed by atoms with Crippen LogP contribution in [0.4, 0.5) is 4.39 Å². The fourth-order valence-corrected chi connectivity index (χ4v) is 2.36. The van der Waals surface area contributed by atoms with Gasteiger partial charge in [0.15, 0.2) is 0 Å². The zero-order valence-corrected chi connectivity index (χ0v) is 13.0. The summed E-state index contributed by atoms with van der Waals surface area (Å²) >= 11 is 6.05. The average molecular weight is 309 g/mol. The number of benzene rings is 1. The van der Waals surface area contributed by atoms with Crippen molar-refractivity contribution in [2.75, 3.05) is 20.0 Å². The second-order valence-electron chi connectivity index (χ2n) is 4.61. The minimum atomic E-state index is -0.271. The molecule has 0 saturated heterocycles. The van der Waals surface area contributed by atoms with Gasteiger partial charge in [-0.2, -0.15) is 0 Å². The normalized spacial score (nSPS) is 14.2. The number of fused-ring (bicyclic) bond motifs is 1. The summed E-state index contributed by atoms with van der Waals surface area (Å²) in [4.78, 5) is 8.56. The van der Waals surface area contributed by atoms with E-state index in [2.05, 4.69) is 15.3 Å². The van der Waals surface area contributed by atoms with Crippen molar-refractivity contribution in [3.05, 3.63) is 35.8 Å². The number of nitrogens with one attached hydrogen (secondary N) is 1. The number of nitrogens with zero attached hydrogens (tertiary/aromatic N) is 3. The van der Waals surface area contributed by atoms with Crippen molar-refractivity contribution >= 4 is 34.6 Å². The molecule has 0 aliphatic heterocycles. The van der Waals surface area contributed by atoms with E-state index in [1.807, 2.05) is 24.6 Å². The van der Waals surface area contributed by atoms with E-state index in [1.54, 1.807) is 25.4 Å². The SMILES string of the molecule is C/N=C/c1cc2c(F)cccc2n1/C(CCl)=N\C(C)NC. The Hall–Kier alpha value is -1.72.